The van der Waals surface area contributed by atoms with Crippen LogP contribution in [0.5, 0.6) is 5.75 Å². The van der Waals surface area contributed by atoms with Gasteiger partial charge in [-0.05, 0) is 90.3 Å². The molecular weight excluding hydrogens is 793 g/mol. The minimum absolute atomic E-state index is 0.102. The van der Waals surface area contributed by atoms with Gasteiger partial charge in [-0.1, -0.05) is 17.6 Å². The maximum absolute atomic E-state index is 14.6. The number of nitrogens with two attached hydrogens (primary N) is 2. The maximum atomic E-state index is 14.6. The number of aromatic nitrogens is 4. The van der Waals surface area contributed by atoms with Gasteiger partial charge in [0.15, 0.2) is 0 Å². The summed E-state index contributed by atoms with van der Waals surface area (Å²) in [6.07, 6.45) is 3.17. The molecule has 4 amide bonds. The highest BCUT2D eigenvalue weighted by molar-refractivity contribution is 6.22. The first-order valence-electron chi connectivity index (χ1n) is 20.8. The average molecular weight is 847 g/mol. The summed E-state index contributed by atoms with van der Waals surface area (Å²) >= 11 is 0. The summed E-state index contributed by atoms with van der Waals surface area (Å²) < 4.78 is 9.63. The lowest BCUT2D eigenvalue weighted by molar-refractivity contribution is 0.0983. The third-order valence-electron chi connectivity index (χ3n) is 11.6. The van der Waals surface area contributed by atoms with Gasteiger partial charge in [0, 0.05) is 70.0 Å². The van der Waals surface area contributed by atoms with Gasteiger partial charge in [-0.2, -0.15) is 20.2 Å². The number of primary amides is 2. The number of anilines is 4. The third kappa shape index (κ3) is 8.16. The van der Waals surface area contributed by atoms with Crippen LogP contribution in [0.2, 0.25) is 0 Å². The van der Waals surface area contributed by atoms with Gasteiger partial charge in [0.25, 0.3) is 11.8 Å². The standard InChI is InChI=1S/C44H54N12O6/c1-8-55-37-31(28(5)50-55)13-10-9-11-16-56-35(19-27(4)49-56)41(60)47-43-51(6)33-20-29(39(45)58)14-15-32(33)53(43)23-25(2)26(3)24-54-38-34(52(7)44(54)48-42(37)61)21-30(40(46)59)22-36(38)62-18-12-17-57/h14-15,19-22,57H,8-13,16-18,23-24H2,1-7H3,(H2,45,58)(H2,46,59)/b26-25+,47-43+,48-44+. The van der Waals surface area contributed by atoms with E-state index in [4.69, 9.17) is 31.3 Å². The van der Waals surface area contributed by atoms with Gasteiger partial charge in [0.05, 0.1) is 35.1 Å². The minimum atomic E-state index is -0.658. The van der Waals surface area contributed by atoms with Crippen LogP contribution in [0.4, 0.5) is 22.7 Å². The molecule has 0 saturated heterocycles. The second-order valence-electron chi connectivity index (χ2n) is 15.9. The van der Waals surface area contributed by atoms with Crippen molar-refractivity contribution in [2.75, 3.05) is 60.0 Å². The predicted octanol–water partition coefficient (Wildman–Crippen LogP) is 4.34. The molecule has 2 aromatic carbocycles. The number of hydrogen-bond donors (Lipinski definition) is 3. The van der Waals surface area contributed by atoms with Crippen LogP contribution in [0.25, 0.3) is 0 Å². The monoisotopic (exact) mass is 846 g/mol. The fourth-order valence-electron chi connectivity index (χ4n) is 8.20. The molecule has 0 atom stereocenters. The van der Waals surface area contributed by atoms with Crippen molar-refractivity contribution in [2.24, 2.45) is 21.5 Å². The Balaban J connectivity index is 1.40. The molecule has 3 aliphatic rings. The van der Waals surface area contributed by atoms with Crippen molar-refractivity contribution in [3.8, 4) is 5.75 Å². The van der Waals surface area contributed by atoms with Crippen LogP contribution in [0.3, 0.4) is 0 Å². The third-order valence-corrected chi connectivity index (χ3v) is 11.6. The molecule has 5 N–H and O–H groups in total. The van der Waals surface area contributed by atoms with E-state index >= 15 is 0 Å². The summed E-state index contributed by atoms with van der Waals surface area (Å²) in [5.41, 5.74) is 19.3. The Bertz CT molecular complexity index is 2570. The van der Waals surface area contributed by atoms with E-state index in [0.717, 1.165) is 47.4 Å². The summed E-state index contributed by atoms with van der Waals surface area (Å²) in [6, 6.07) is 10.1. The van der Waals surface area contributed by atoms with Gasteiger partial charge in [0.1, 0.15) is 22.8 Å². The lowest BCUT2D eigenvalue weighted by Crippen LogP contribution is -2.40. The molecule has 62 heavy (non-hydrogen) atoms. The van der Waals surface area contributed by atoms with Crippen LogP contribution < -0.4 is 35.8 Å². The van der Waals surface area contributed by atoms with E-state index in [9.17, 15) is 24.3 Å². The van der Waals surface area contributed by atoms with Gasteiger partial charge in [-0.3, -0.25) is 28.5 Å². The summed E-state index contributed by atoms with van der Waals surface area (Å²) in [4.78, 5) is 70.6. The molecule has 18 heteroatoms. The number of aliphatic hydroxyl groups excluding tert-OH is 1. The molecule has 326 valence electrons. The van der Waals surface area contributed by atoms with Crippen LogP contribution in [-0.4, -0.2) is 101 Å². The van der Waals surface area contributed by atoms with Gasteiger partial charge >= 0.3 is 0 Å². The first-order chi connectivity index (χ1) is 29.6. The number of carbonyl (C=O) groups is 4. The molecule has 2 aromatic heterocycles. The van der Waals surface area contributed by atoms with Crippen molar-refractivity contribution in [3.05, 3.63) is 87.0 Å². The van der Waals surface area contributed by atoms with E-state index in [2.05, 4.69) is 5.10 Å². The number of amides is 4. The molecular formula is C44H54N12O6. The number of benzene rings is 2. The molecule has 3 aliphatic heterocycles. The van der Waals surface area contributed by atoms with E-state index in [1.54, 1.807) is 69.7 Å². The molecule has 5 heterocycles. The van der Waals surface area contributed by atoms with Crippen LogP contribution >= 0.6 is 0 Å². The summed E-state index contributed by atoms with van der Waals surface area (Å²) in [6.45, 7) is 11.1. The number of rotatable bonds is 7. The fraction of sp³-hybridized carbons (Fsp3) is 0.409. The van der Waals surface area contributed by atoms with Crippen LogP contribution in [0.1, 0.15) is 105 Å². The lowest BCUT2D eigenvalue weighted by Gasteiger charge is -2.26. The molecule has 0 saturated carbocycles. The molecule has 4 aromatic rings. The SMILES string of the molecule is CCn1nc(C)c2c1C(=O)/N=C1\N(C)c3cc(C(N)=O)cc(OCCCO)c3N1C/C(C)=C(\C)CN1/C(=N/C(=O)c3cc(C)nn3CCCCC2)N(C)c2cc(C(N)=O)ccc21. The number of aliphatic imine (C=N–C) groups is 2. The molecule has 0 radical (unpaired) electrons. The zero-order chi connectivity index (χ0) is 44.6. The Kier molecular flexibility index (Phi) is 12.3. The quantitative estimate of drug-likeness (QED) is 0.175. The first kappa shape index (κ1) is 43.3. The molecule has 0 bridgehead atoms. The summed E-state index contributed by atoms with van der Waals surface area (Å²) in [5, 5.41) is 19.0. The van der Waals surface area contributed by atoms with E-state index in [-0.39, 0.29) is 31.9 Å². The maximum Gasteiger partial charge on any atom is 0.298 e. The van der Waals surface area contributed by atoms with Crippen molar-refractivity contribution in [2.45, 2.75) is 79.8 Å². The van der Waals surface area contributed by atoms with E-state index in [1.165, 1.54) is 0 Å². The molecule has 0 spiro atoms. The van der Waals surface area contributed by atoms with Crippen molar-refractivity contribution >= 4 is 58.3 Å². The molecule has 0 unspecified atom stereocenters. The smallest absolute Gasteiger partial charge is 0.298 e. The molecule has 18 nitrogen and oxygen atoms in total. The number of guanidine groups is 2. The van der Waals surface area contributed by atoms with Gasteiger partial charge in [0.2, 0.25) is 23.7 Å². The highest BCUT2D eigenvalue weighted by Crippen LogP contribution is 2.46. The number of nitrogens with zero attached hydrogens (tertiary/aromatic N) is 10. The number of fused-ring (bicyclic) bond motifs is 8. The highest BCUT2D eigenvalue weighted by Gasteiger charge is 2.38. The van der Waals surface area contributed by atoms with E-state index < -0.39 is 23.6 Å². The first-order valence-corrected chi connectivity index (χ1v) is 20.8. The summed E-state index contributed by atoms with van der Waals surface area (Å²) in [5.74, 6) is -1.18. The Morgan fingerprint density at radius 2 is 1.45 bits per heavy atom. The summed E-state index contributed by atoms with van der Waals surface area (Å²) in [7, 11) is 3.56. The molecule has 7 rings (SSSR count). The van der Waals surface area contributed by atoms with Crippen molar-refractivity contribution < 1.29 is 29.0 Å². The van der Waals surface area contributed by atoms with Crippen molar-refractivity contribution in [1.82, 2.24) is 19.6 Å². The largest absolute Gasteiger partial charge is 0.491 e. The Morgan fingerprint density at radius 1 is 0.790 bits per heavy atom. The van der Waals surface area contributed by atoms with Crippen LogP contribution in [-0.2, 0) is 19.5 Å². The lowest BCUT2D eigenvalue weighted by atomic mass is 10.0. The number of ether oxygens (including phenoxy) is 1. The van der Waals surface area contributed by atoms with Gasteiger partial charge in [-0.15, -0.1) is 0 Å². The van der Waals surface area contributed by atoms with E-state index in [0.29, 0.717) is 83.3 Å². The molecule has 0 aliphatic carbocycles. The minimum Gasteiger partial charge on any atom is -0.491 e. The van der Waals surface area contributed by atoms with Crippen LogP contribution in [0.15, 0.2) is 57.5 Å². The zero-order valence-electron chi connectivity index (χ0n) is 36.4. The zero-order valence-corrected chi connectivity index (χ0v) is 36.4. The number of aryl methyl sites for hydroxylation is 4. The van der Waals surface area contributed by atoms with E-state index in [1.807, 2.05) is 44.4 Å². The number of aliphatic hydroxyl groups is 1. The topological polar surface area (TPSA) is 223 Å². The Hall–Kier alpha value is -6.82. The number of hydrogen-bond acceptors (Lipinski definition) is 12. The average Bonchev–Trinajstić information content (AvgIpc) is 3.93. The second kappa shape index (κ2) is 17.6. The Morgan fingerprint density at radius 3 is 2.15 bits per heavy atom. The Labute approximate surface area is 360 Å². The normalized spacial score (nSPS) is 19.0. The van der Waals surface area contributed by atoms with Crippen molar-refractivity contribution in [3.63, 3.8) is 0 Å². The molecule has 0 fully saturated rings. The highest BCUT2D eigenvalue weighted by atomic mass is 16.5. The number of carbonyl (C=O) groups excluding carboxylic acids is 4. The van der Waals surface area contributed by atoms with Crippen molar-refractivity contribution in [1.29, 1.82) is 0 Å². The fourth-order valence-corrected chi connectivity index (χ4v) is 8.20. The predicted molar refractivity (Wildman–Crippen MR) is 238 cm³/mol. The van der Waals surface area contributed by atoms with Crippen LogP contribution in [0, 0.1) is 13.8 Å². The van der Waals surface area contributed by atoms with Gasteiger partial charge in [-0.25, -0.2) is 0 Å². The second-order valence-corrected chi connectivity index (χ2v) is 15.9. The van der Waals surface area contributed by atoms with Gasteiger partial charge < -0.3 is 40.9 Å².